The third kappa shape index (κ3) is 2.36. The zero-order chi connectivity index (χ0) is 10.7. The van der Waals surface area contributed by atoms with E-state index in [4.69, 9.17) is 4.74 Å². The van der Waals surface area contributed by atoms with Crippen molar-refractivity contribution in [3.05, 3.63) is 29.8 Å². The maximum Gasteiger partial charge on any atom is 0.150 e. The number of rotatable bonds is 3. The topological polar surface area (TPSA) is 46.5 Å². The Labute approximate surface area is 88.7 Å². The van der Waals surface area contributed by atoms with Gasteiger partial charge in [-0.05, 0) is 43.5 Å². The van der Waals surface area contributed by atoms with E-state index >= 15 is 0 Å². The van der Waals surface area contributed by atoms with Gasteiger partial charge in [-0.2, -0.15) is 0 Å². The van der Waals surface area contributed by atoms with Crippen molar-refractivity contribution in [3.8, 4) is 5.75 Å². The summed E-state index contributed by atoms with van der Waals surface area (Å²) in [6.07, 6.45) is 3.09. The van der Waals surface area contributed by atoms with E-state index in [1.807, 2.05) is 0 Å². The summed E-state index contributed by atoms with van der Waals surface area (Å²) in [4.78, 5) is 10.4. The molecule has 2 atom stereocenters. The molecule has 1 N–H and O–H groups in total. The van der Waals surface area contributed by atoms with E-state index in [1.165, 1.54) is 0 Å². The molecule has 2 rings (SSSR count). The van der Waals surface area contributed by atoms with Gasteiger partial charge in [-0.3, -0.25) is 4.79 Å². The van der Waals surface area contributed by atoms with Gasteiger partial charge in [0.25, 0.3) is 0 Å². The molecule has 0 amide bonds. The Balaban J connectivity index is 2.01. The van der Waals surface area contributed by atoms with E-state index in [9.17, 15) is 9.90 Å². The predicted molar refractivity (Wildman–Crippen MR) is 56.1 cm³/mol. The molecule has 1 aromatic rings. The summed E-state index contributed by atoms with van der Waals surface area (Å²) >= 11 is 0. The molecular weight excluding hydrogens is 192 g/mol. The van der Waals surface area contributed by atoms with Gasteiger partial charge in [0.2, 0.25) is 0 Å². The van der Waals surface area contributed by atoms with Gasteiger partial charge < -0.3 is 9.84 Å². The van der Waals surface area contributed by atoms with Gasteiger partial charge in [0.05, 0.1) is 6.10 Å². The molecule has 0 bridgehead atoms. The minimum atomic E-state index is -0.351. The summed E-state index contributed by atoms with van der Waals surface area (Å²) in [5.41, 5.74) is 0.634. The normalized spacial score (nSPS) is 25.1. The van der Waals surface area contributed by atoms with Gasteiger partial charge in [-0.15, -0.1) is 0 Å². The van der Waals surface area contributed by atoms with Crippen molar-refractivity contribution in [3.63, 3.8) is 0 Å². The lowest BCUT2D eigenvalue weighted by atomic mass is 10.2. The number of hydrogen-bond donors (Lipinski definition) is 1. The molecule has 1 saturated carbocycles. The first-order valence-corrected chi connectivity index (χ1v) is 5.19. The summed E-state index contributed by atoms with van der Waals surface area (Å²) in [5.74, 6) is 0.714. The average Bonchev–Trinajstić information content (AvgIpc) is 2.66. The fourth-order valence-corrected chi connectivity index (χ4v) is 1.84. The highest BCUT2D eigenvalue weighted by Crippen LogP contribution is 2.24. The smallest absolute Gasteiger partial charge is 0.150 e. The fraction of sp³-hybridized carbons (Fsp3) is 0.417. The zero-order valence-corrected chi connectivity index (χ0v) is 8.43. The maximum atomic E-state index is 10.4. The Kier molecular flexibility index (Phi) is 3.02. The lowest BCUT2D eigenvalue weighted by Crippen LogP contribution is -2.25. The number of aliphatic hydroxyl groups is 1. The molecule has 0 radical (unpaired) electrons. The molecule has 1 aromatic carbocycles. The van der Waals surface area contributed by atoms with Crippen LogP contribution in [0.3, 0.4) is 0 Å². The Morgan fingerprint density at radius 1 is 1.27 bits per heavy atom. The molecule has 3 nitrogen and oxygen atoms in total. The van der Waals surface area contributed by atoms with Gasteiger partial charge in [-0.1, -0.05) is 0 Å². The monoisotopic (exact) mass is 206 g/mol. The average molecular weight is 206 g/mol. The molecule has 3 heteroatoms. The number of carbonyl (C=O) groups is 1. The van der Waals surface area contributed by atoms with Gasteiger partial charge in [0.15, 0.2) is 0 Å². The van der Waals surface area contributed by atoms with Gasteiger partial charge in [0.1, 0.15) is 18.1 Å². The Morgan fingerprint density at radius 2 is 2.00 bits per heavy atom. The van der Waals surface area contributed by atoms with Crippen LogP contribution in [0, 0.1) is 0 Å². The summed E-state index contributed by atoms with van der Waals surface area (Å²) in [6.45, 7) is 0. The van der Waals surface area contributed by atoms with Crippen molar-refractivity contribution in [2.75, 3.05) is 0 Å². The molecule has 1 fully saturated rings. The molecule has 0 aromatic heterocycles. The van der Waals surface area contributed by atoms with Gasteiger partial charge in [0, 0.05) is 5.56 Å². The van der Waals surface area contributed by atoms with Crippen LogP contribution in [0.4, 0.5) is 0 Å². The third-order valence-corrected chi connectivity index (χ3v) is 2.72. The first kappa shape index (κ1) is 10.2. The van der Waals surface area contributed by atoms with Crippen molar-refractivity contribution in [1.82, 2.24) is 0 Å². The van der Waals surface area contributed by atoms with Crippen LogP contribution in [-0.2, 0) is 0 Å². The summed E-state index contributed by atoms with van der Waals surface area (Å²) in [5, 5.41) is 9.57. The van der Waals surface area contributed by atoms with E-state index in [1.54, 1.807) is 24.3 Å². The van der Waals surface area contributed by atoms with Crippen LogP contribution in [0.15, 0.2) is 24.3 Å². The first-order valence-electron chi connectivity index (χ1n) is 5.19. The predicted octanol–water partition coefficient (Wildman–Crippen LogP) is 1.79. The second-order valence-electron chi connectivity index (χ2n) is 3.84. The molecule has 80 valence electrons. The Morgan fingerprint density at radius 3 is 2.53 bits per heavy atom. The van der Waals surface area contributed by atoms with Crippen molar-refractivity contribution in [2.45, 2.75) is 31.5 Å². The minimum Gasteiger partial charge on any atom is -0.488 e. The SMILES string of the molecule is O=Cc1ccc(O[C@H]2CCC[C@@H]2O)cc1. The molecule has 0 spiro atoms. The van der Waals surface area contributed by atoms with Crippen LogP contribution in [0.1, 0.15) is 29.6 Å². The number of aldehydes is 1. The fourth-order valence-electron chi connectivity index (χ4n) is 1.84. The van der Waals surface area contributed by atoms with Crippen LogP contribution >= 0.6 is 0 Å². The highest BCUT2D eigenvalue weighted by molar-refractivity contribution is 5.74. The van der Waals surface area contributed by atoms with Crippen molar-refractivity contribution in [2.24, 2.45) is 0 Å². The number of ether oxygens (including phenoxy) is 1. The molecule has 0 saturated heterocycles. The largest absolute Gasteiger partial charge is 0.488 e. The molecule has 0 aliphatic heterocycles. The quantitative estimate of drug-likeness (QED) is 0.767. The lowest BCUT2D eigenvalue weighted by Gasteiger charge is -2.16. The second kappa shape index (κ2) is 4.45. The molecule has 0 heterocycles. The van der Waals surface area contributed by atoms with Gasteiger partial charge >= 0.3 is 0 Å². The number of carbonyl (C=O) groups excluding carboxylic acids is 1. The summed E-state index contributed by atoms with van der Waals surface area (Å²) in [6, 6.07) is 6.94. The molecular formula is C12H14O3. The Bertz CT molecular complexity index is 331. The van der Waals surface area contributed by atoms with Crippen LogP contribution < -0.4 is 4.74 Å². The van der Waals surface area contributed by atoms with Crippen molar-refractivity contribution < 1.29 is 14.6 Å². The van der Waals surface area contributed by atoms with Crippen LogP contribution in [0.5, 0.6) is 5.75 Å². The van der Waals surface area contributed by atoms with Gasteiger partial charge in [-0.25, -0.2) is 0 Å². The number of aliphatic hydroxyl groups excluding tert-OH is 1. The van der Waals surface area contributed by atoms with Crippen LogP contribution in [0.25, 0.3) is 0 Å². The lowest BCUT2D eigenvalue weighted by molar-refractivity contribution is 0.0604. The van der Waals surface area contributed by atoms with E-state index in [-0.39, 0.29) is 12.2 Å². The highest BCUT2D eigenvalue weighted by Gasteiger charge is 2.26. The summed E-state index contributed by atoms with van der Waals surface area (Å²) < 4.78 is 5.62. The standard InChI is InChI=1S/C12H14O3/c13-8-9-4-6-10(7-5-9)15-12-3-1-2-11(12)14/h4-8,11-12,14H,1-3H2/t11-,12-/m0/s1. The minimum absolute atomic E-state index is 0.0907. The van der Waals surface area contributed by atoms with E-state index in [0.29, 0.717) is 11.3 Å². The third-order valence-electron chi connectivity index (χ3n) is 2.72. The highest BCUT2D eigenvalue weighted by atomic mass is 16.5. The molecule has 0 unspecified atom stereocenters. The van der Waals surface area contributed by atoms with Crippen LogP contribution in [0.2, 0.25) is 0 Å². The second-order valence-corrected chi connectivity index (χ2v) is 3.84. The molecule has 1 aliphatic rings. The number of benzene rings is 1. The van der Waals surface area contributed by atoms with Crippen molar-refractivity contribution >= 4 is 6.29 Å². The van der Waals surface area contributed by atoms with Crippen LogP contribution in [-0.4, -0.2) is 23.6 Å². The zero-order valence-electron chi connectivity index (χ0n) is 8.43. The first-order chi connectivity index (χ1) is 7.29. The molecule has 15 heavy (non-hydrogen) atoms. The molecule has 1 aliphatic carbocycles. The van der Waals surface area contributed by atoms with E-state index in [2.05, 4.69) is 0 Å². The van der Waals surface area contributed by atoms with E-state index in [0.717, 1.165) is 25.5 Å². The summed E-state index contributed by atoms with van der Waals surface area (Å²) in [7, 11) is 0. The maximum absolute atomic E-state index is 10.4. The van der Waals surface area contributed by atoms with E-state index < -0.39 is 0 Å². The number of hydrogen-bond acceptors (Lipinski definition) is 3. The van der Waals surface area contributed by atoms with Crippen molar-refractivity contribution in [1.29, 1.82) is 0 Å². The Hall–Kier alpha value is -1.35.